The number of thiophene rings is 1. The van der Waals surface area contributed by atoms with Crippen molar-refractivity contribution in [2.75, 3.05) is 6.54 Å². The van der Waals surface area contributed by atoms with Gasteiger partial charge < -0.3 is 5.32 Å². The molecule has 3 aromatic heterocycles. The summed E-state index contributed by atoms with van der Waals surface area (Å²) in [4.78, 5) is 1.36. The Morgan fingerprint density at radius 1 is 1.17 bits per heavy atom. The zero-order valence-corrected chi connectivity index (χ0v) is 10.7. The molecule has 0 atom stereocenters. The number of nitrogens with one attached hydrogen (secondary N) is 1. The Bertz CT molecular complexity index is 615. The maximum atomic E-state index is 4.21. The molecule has 4 nitrogen and oxygen atoms in total. The summed E-state index contributed by atoms with van der Waals surface area (Å²) in [5, 5.41) is 13.9. The van der Waals surface area contributed by atoms with E-state index < -0.39 is 0 Å². The van der Waals surface area contributed by atoms with E-state index in [1.165, 1.54) is 4.88 Å². The van der Waals surface area contributed by atoms with Crippen LogP contribution in [0, 0.1) is 0 Å². The van der Waals surface area contributed by atoms with E-state index in [1.807, 2.05) is 28.8 Å². The summed E-state index contributed by atoms with van der Waals surface area (Å²) in [6, 6.07) is 10.2. The van der Waals surface area contributed by atoms with Gasteiger partial charge in [0, 0.05) is 30.6 Å². The van der Waals surface area contributed by atoms with Gasteiger partial charge in [0.1, 0.15) is 5.82 Å². The fraction of sp³-hybridized carbons (Fsp3) is 0.231. The van der Waals surface area contributed by atoms with Gasteiger partial charge in [-0.3, -0.25) is 4.40 Å². The summed E-state index contributed by atoms with van der Waals surface area (Å²) in [6.45, 7) is 1.84. The van der Waals surface area contributed by atoms with E-state index in [2.05, 4.69) is 33.0 Å². The lowest BCUT2D eigenvalue weighted by molar-refractivity contribution is 0.672. The van der Waals surface area contributed by atoms with Gasteiger partial charge in [-0.05, 0) is 23.6 Å². The van der Waals surface area contributed by atoms with Crippen molar-refractivity contribution >= 4 is 17.0 Å². The lowest BCUT2D eigenvalue weighted by Crippen LogP contribution is -2.17. The SMILES string of the molecule is c1csc(CNCCc2nnc3ccccn23)c1. The van der Waals surface area contributed by atoms with Crippen LogP contribution in [0.25, 0.3) is 5.65 Å². The quantitative estimate of drug-likeness (QED) is 0.713. The molecule has 3 rings (SSSR count). The first-order chi connectivity index (χ1) is 8.93. The predicted molar refractivity (Wildman–Crippen MR) is 72.7 cm³/mol. The van der Waals surface area contributed by atoms with E-state index in [-0.39, 0.29) is 0 Å². The zero-order valence-electron chi connectivity index (χ0n) is 9.91. The van der Waals surface area contributed by atoms with Crippen LogP contribution in [0.1, 0.15) is 10.7 Å². The molecule has 1 N–H and O–H groups in total. The van der Waals surface area contributed by atoms with Gasteiger partial charge >= 0.3 is 0 Å². The molecule has 0 radical (unpaired) electrons. The molecule has 0 aliphatic heterocycles. The van der Waals surface area contributed by atoms with Gasteiger partial charge in [0.15, 0.2) is 5.65 Å². The van der Waals surface area contributed by atoms with Crippen molar-refractivity contribution in [3.63, 3.8) is 0 Å². The smallest absolute Gasteiger partial charge is 0.160 e. The van der Waals surface area contributed by atoms with Gasteiger partial charge in [0.25, 0.3) is 0 Å². The second-order valence-corrected chi connectivity index (χ2v) is 5.08. The Hall–Kier alpha value is -1.72. The third-order valence-electron chi connectivity index (χ3n) is 2.79. The molecule has 0 spiro atoms. The van der Waals surface area contributed by atoms with E-state index in [0.717, 1.165) is 31.0 Å². The summed E-state index contributed by atoms with van der Waals surface area (Å²) >= 11 is 1.78. The van der Waals surface area contributed by atoms with Crippen LogP contribution in [-0.2, 0) is 13.0 Å². The monoisotopic (exact) mass is 258 g/mol. The van der Waals surface area contributed by atoms with Gasteiger partial charge in [-0.25, -0.2) is 0 Å². The number of pyridine rings is 1. The predicted octanol–water partition coefficient (Wildman–Crippen LogP) is 2.12. The molecule has 0 saturated heterocycles. The summed E-state index contributed by atoms with van der Waals surface area (Å²) in [5.41, 5.74) is 0.908. The number of aromatic nitrogens is 3. The van der Waals surface area contributed by atoms with Crippen molar-refractivity contribution in [2.24, 2.45) is 0 Å². The molecule has 3 aromatic rings. The van der Waals surface area contributed by atoms with Crippen molar-refractivity contribution in [1.82, 2.24) is 19.9 Å². The minimum Gasteiger partial charge on any atom is -0.311 e. The summed E-state index contributed by atoms with van der Waals surface area (Å²) in [6.07, 6.45) is 2.89. The first-order valence-corrected chi connectivity index (χ1v) is 6.83. The molecule has 92 valence electrons. The molecule has 0 amide bonds. The first-order valence-electron chi connectivity index (χ1n) is 5.95. The van der Waals surface area contributed by atoms with E-state index in [0.29, 0.717) is 0 Å². The second-order valence-electron chi connectivity index (χ2n) is 4.05. The average Bonchev–Trinajstić information content (AvgIpc) is 3.04. The lowest BCUT2D eigenvalue weighted by Gasteiger charge is -2.02. The second kappa shape index (κ2) is 5.29. The topological polar surface area (TPSA) is 42.2 Å². The number of nitrogens with zero attached hydrogens (tertiary/aromatic N) is 3. The molecular formula is C13H14N4S. The normalized spacial score (nSPS) is 11.1. The summed E-state index contributed by atoms with van der Waals surface area (Å²) in [7, 11) is 0. The highest BCUT2D eigenvalue weighted by Crippen LogP contribution is 2.07. The number of rotatable bonds is 5. The van der Waals surface area contributed by atoms with Crippen LogP contribution in [0.4, 0.5) is 0 Å². The maximum Gasteiger partial charge on any atom is 0.160 e. The Morgan fingerprint density at radius 3 is 3.06 bits per heavy atom. The highest BCUT2D eigenvalue weighted by atomic mass is 32.1. The molecule has 0 unspecified atom stereocenters. The molecule has 0 aromatic carbocycles. The molecule has 5 heteroatoms. The van der Waals surface area contributed by atoms with E-state index >= 15 is 0 Å². The summed E-state index contributed by atoms with van der Waals surface area (Å²) in [5.74, 6) is 1.00. The molecule has 3 heterocycles. The highest BCUT2D eigenvalue weighted by molar-refractivity contribution is 7.09. The van der Waals surface area contributed by atoms with Crippen LogP contribution in [0.15, 0.2) is 41.9 Å². The van der Waals surface area contributed by atoms with Gasteiger partial charge in [0.2, 0.25) is 0 Å². The number of hydrogen-bond acceptors (Lipinski definition) is 4. The van der Waals surface area contributed by atoms with E-state index in [1.54, 1.807) is 11.3 Å². The van der Waals surface area contributed by atoms with Crippen molar-refractivity contribution in [3.8, 4) is 0 Å². The van der Waals surface area contributed by atoms with Crippen LogP contribution < -0.4 is 5.32 Å². The van der Waals surface area contributed by atoms with Crippen LogP contribution in [0.2, 0.25) is 0 Å². The molecule has 0 aliphatic rings. The molecule has 0 aliphatic carbocycles. The van der Waals surface area contributed by atoms with Gasteiger partial charge in [0.05, 0.1) is 0 Å². The Morgan fingerprint density at radius 2 is 2.17 bits per heavy atom. The Labute approximate surface area is 109 Å². The van der Waals surface area contributed by atoms with E-state index in [9.17, 15) is 0 Å². The highest BCUT2D eigenvalue weighted by Gasteiger charge is 2.03. The van der Waals surface area contributed by atoms with Gasteiger partial charge in [-0.1, -0.05) is 12.1 Å². The Kier molecular flexibility index (Phi) is 3.34. The molecule has 0 fully saturated rings. The van der Waals surface area contributed by atoms with Crippen molar-refractivity contribution in [3.05, 3.63) is 52.6 Å². The van der Waals surface area contributed by atoms with Crippen molar-refractivity contribution < 1.29 is 0 Å². The van der Waals surface area contributed by atoms with Crippen LogP contribution in [0.5, 0.6) is 0 Å². The standard InChI is InChI=1S/C13H14N4S/c1-2-8-17-12(5-1)15-16-13(17)6-7-14-10-11-4-3-9-18-11/h1-5,8-9,14H,6-7,10H2. The molecule has 0 bridgehead atoms. The fourth-order valence-electron chi connectivity index (χ4n) is 1.89. The average molecular weight is 258 g/mol. The van der Waals surface area contributed by atoms with E-state index in [4.69, 9.17) is 0 Å². The van der Waals surface area contributed by atoms with Crippen LogP contribution in [-0.4, -0.2) is 21.1 Å². The minimum atomic E-state index is 0.885. The molecular weight excluding hydrogens is 244 g/mol. The van der Waals surface area contributed by atoms with Crippen molar-refractivity contribution in [1.29, 1.82) is 0 Å². The third kappa shape index (κ3) is 2.42. The molecule has 0 saturated carbocycles. The lowest BCUT2D eigenvalue weighted by atomic mass is 10.3. The number of fused-ring (bicyclic) bond motifs is 1. The van der Waals surface area contributed by atoms with Gasteiger partial charge in [-0.15, -0.1) is 21.5 Å². The van der Waals surface area contributed by atoms with Crippen LogP contribution in [0.3, 0.4) is 0 Å². The van der Waals surface area contributed by atoms with Gasteiger partial charge in [-0.2, -0.15) is 0 Å². The first kappa shape index (κ1) is 11.4. The minimum absolute atomic E-state index is 0.885. The fourth-order valence-corrected chi connectivity index (χ4v) is 2.56. The van der Waals surface area contributed by atoms with Crippen molar-refractivity contribution in [2.45, 2.75) is 13.0 Å². The molecule has 18 heavy (non-hydrogen) atoms. The third-order valence-corrected chi connectivity index (χ3v) is 3.67. The maximum absolute atomic E-state index is 4.21. The van der Waals surface area contributed by atoms with Crippen LogP contribution >= 0.6 is 11.3 Å². The Balaban J connectivity index is 1.57. The largest absolute Gasteiger partial charge is 0.311 e. The summed E-state index contributed by atoms with van der Waals surface area (Å²) < 4.78 is 2.03. The zero-order chi connectivity index (χ0) is 12.2. The number of hydrogen-bond donors (Lipinski definition) is 1.